The number of rotatable bonds is 5. The molecule has 1 saturated heterocycles. The highest BCUT2D eigenvalue weighted by molar-refractivity contribution is 7.85. The number of aryl methyl sites for hydroxylation is 2. The van der Waals surface area contributed by atoms with Crippen LogP contribution in [0.3, 0.4) is 0 Å². The van der Waals surface area contributed by atoms with Gasteiger partial charge in [-0.3, -0.25) is 4.79 Å². The van der Waals surface area contributed by atoms with Crippen molar-refractivity contribution in [3.8, 4) is 10.4 Å². The molecule has 0 bridgehead atoms. The Morgan fingerprint density at radius 1 is 1.44 bits per heavy atom. The van der Waals surface area contributed by atoms with Crippen molar-refractivity contribution < 1.29 is 9.32 Å². The van der Waals surface area contributed by atoms with Crippen LogP contribution in [-0.4, -0.2) is 38.3 Å². The summed E-state index contributed by atoms with van der Waals surface area (Å²) in [6.07, 6.45) is 2.65. The number of hydrogen-bond acceptors (Lipinski definition) is 4. The van der Waals surface area contributed by atoms with Gasteiger partial charge in [0.15, 0.2) is 0 Å². The van der Waals surface area contributed by atoms with Crippen molar-refractivity contribution >= 4 is 22.3 Å². The zero-order valence-electron chi connectivity index (χ0n) is 14.6. The average Bonchev–Trinajstić information content (AvgIpc) is 3.11. The molecule has 1 fully saturated rings. The fourth-order valence-corrected chi connectivity index (χ4v) is 5.96. The van der Waals surface area contributed by atoms with Gasteiger partial charge in [0.25, 0.3) is 5.56 Å². The Hall–Kier alpha value is -1.28. The van der Waals surface area contributed by atoms with Gasteiger partial charge in [0.2, 0.25) is 0 Å². The van der Waals surface area contributed by atoms with E-state index in [0.29, 0.717) is 13.0 Å². The summed E-state index contributed by atoms with van der Waals surface area (Å²) in [5, 5.41) is 9.36. The lowest BCUT2D eigenvalue weighted by Gasteiger charge is -2.29. The highest BCUT2D eigenvalue weighted by atomic mass is 32.2. The maximum atomic E-state index is 12.9. The molecular weight excluding hydrogens is 356 g/mol. The third-order valence-corrected chi connectivity index (χ3v) is 7.56. The Morgan fingerprint density at radius 2 is 2.24 bits per heavy atom. The number of pyridine rings is 1. The molecule has 2 aromatic rings. The molecule has 0 saturated carbocycles. The van der Waals surface area contributed by atoms with Gasteiger partial charge >= 0.3 is 0 Å². The summed E-state index contributed by atoms with van der Waals surface area (Å²) in [5.74, 6) is 0.214. The molecule has 1 aliphatic rings. The molecule has 2 atom stereocenters. The number of piperidine rings is 1. The van der Waals surface area contributed by atoms with Crippen LogP contribution < -0.4 is 5.56 Å². The van der Waals surface area contributed by atoms with Crippen LogP contribution in [0.2, 0.25) is 0 Å². The van der Waals surface area contributed by atoms with E-state index in [1.807, 2.05) is 36.4 Å². The van der Waals surface area contributed by atoms with E-state index in [2.05, 4.69) is 4.98 Å². The summed E-state index contributed by atoms with van der Waals surface area (Å²) in [4.78, 5) is 15.8. The number of nitrogens with one attached hydrogen (secondary N) is 1. The second kappa shape index (κ2) is 7.95. The zero-order valence-corrected chi connectivity index (χ0v) is 16.2. The minimum absolute atomic E-state index is 0.0348. The van der Waals surface area contributed by atoms with E-state index in [1.165, 1.54) is 11.3 Å². The first-order valence-electron chi connectivity index (χ1n) is 8.64. The van der Waals surface area contributed by atoms with E-state index in [1.54, 1.807) is 0 Å². The predicted octanol–water partition coefficient (Wildman–Crippen LogP) is 2.70. The number of hydrogen-bond donors (Lipinski definition) is 2. The molecule has 5 nitrogen and oxygen atoms in total. The first-order valence-corrected chi connectivity index (χ1v) is 10.6. The summed E-state index contributed by atoms with van der Waals surface area (Å²) in [5.41, 5.74) is 2.56. The summed E-state index contributed by atoms with van der Waals surface area (Å²) in [6.45, 7) is 5.48. The summed E-state index contributed by atoms with van der Waals surface area (Å²) in [6, 6.07) is 5.83. The van der Waals surface area contributed by atoms with Crippen molar-refractivity contribution in [2.24, 2.45) is 5.92 Å². The Bertz CT molecular complexity index is 828. The molecule has 25 heavy (non-hydrogen) atoms. The molecule has 0 spiro atoms. The number of aliphatic hydroxyl groups excluding tert-OH is 1. The number of aliphatic hydroxyl groups is 1. The standard InChI is InChI=1S/C18H24N2O3S2/c1-3-14-9-15(12(2)19-18(14)22)16-6-7-17(24-16)25(23)20-8-4-5-13(10-20)11-21/h6-7,9,13,21H,3-5,8,10-11H2,1-2H3,(H,19,22). The number of thiophene rings is 1. The van der Waals surface area contributed by atoms with E-state index in [-0.39, 0.29) is 18.1 Å². The van der Waals surface area contributed by atoms with Crippen molar-refractivity contribution in [2.75, 3.05) is 19.7 Å². The van der Waals surface area contributed by atoms with Crippen LogP contribution in [0.25, 0.3) is 10.4 Å². The van der Waals surface area contributed by atoms with Crippen molar-refractivity contribution in [3.05, 3.63) is 39.8 Å². The smallest absolute Gasteiger partial charge is 0.251 e. The first-order chi connectivity index (χ1) is 12.0. The lowest BCUT2D eigenvalue weighted by atomic mass is 10.0. The number of aromatic nitrogens is 1. The van der Waals surface area contributed by atoms with Gasteiger partial charge in [0.1, 0.15) is 15.2 Å². The number of aromatic amines is 1. The SMILES string of the molecule is CCc1cc(-c2ccc(S(=O)N3CCCC(CO)C3)s2)c(C)[nH]c1=O. The molecule has 2 aromatic heterocycles. The fourth-order valence-electron chi connectivity index (χ4n) is 3.20. The van der Waals surface area contributed by atoms with E-state index >= 15 is 0 Å². The van der Waals surface area contributed by atoms with Crippen molar-refractivity contribution in [3.63, 3.8) is 0 Å². The van der Waals surface area contributed by atoms with Crippen LogP contribution in [0.15, 0.2) is 27.2 Å². The quantitative estimate of drug-likeness (QED) is 0.838. The van der Waals surface area contributed by atoms with Crippen molar-refractivity contribution in [1.82, 2.24) is 9.29 Å². The molecule has 3 rings (SSSR count). The normalized spacial score (nSPS) is 19.9. The maximum Gasteiger partial charge on any atom is 0.251 e. The van der Waals surface area contributed by atoms with Gasteiger partial charge in [-0.1, -0.05) is 6.92 Å². The molecule has 0 aliphatic carbocycles. The lowest BCUT2D eigenvalue weighted by Crippen LogP contribution is -2.37. The molecule has 2 N–H and O–H groups in total. The molecule has 0 aromatic carbocycles. The Morgan fingerprint density at radius 3 is 2.96 bits per heavy atom. The van der Waals surface area contributed by atoms with E-state index in [4.69, 9.17) is 0 Å². The molecule has 3 heterocycles. The largest absolute Gasteiger partial charge is 0.396 e. The topological polar surface area (TPSA) is 73.4 Å². The maximum absolute atomic E-state index is 12.9. The zero-order chi connectivity index (χ0) is 18.0. The first kappa shape index (κ1) is 18.5. The fraction of sp³-hybridized carbons (Fsp3) is 0.500. The average molecular weight is 381 g/mol. The summed E-state index contributed by atoms with van der Waals surface area (Å²) >= 11 is 1.51. The predicted molar refractivity (Wildman–Crippen MR) is 102 cm³/mol. The summed E-state index contributed by atoms with van der Waals surface area (Å²) < 4.78 is 15.6. The van der Waals surface area contributed by atoms with Crippen LogP contribution in [-0.2, 0) is 17.4 Å². The highest BCUT2D eigenvalue weighted by Gasteiger charge is 2.25. The molecule has 1 aliphatic heterocycles. The van der Waals surface area contributed by atoms with Crippen LogP contribution in [0.1, 0.15) is 31.0 Å². The molecule has 0 amide bonds. The Balaban J connectivity index is 1.85. The van der Waals surface area contributed by atoms with Crippen LogP contribution in [0, 0.1) is 12.8 Å². The second-order valence-corrected chi connectivity index (χ2v) is 9.26. The van der Waals surface area contributed by atoms with Gasteiger partial charge in [0.05, 0.1) is 0 Å². The van der Waals surface area contributed by atoms with E-state index in [9.17, 15) is 14.1 Å². The van der Waals surface area contributed by atoms with Crippen LogP contribution in [0.5, 0.6) is 0 Å². The third kappa shape index (κ3) is 3.95. The van der Waals surface area contributed by atoms with Crippen LogP contribution in [0.4, 0.5) is 0 Å². The summed E-state index contributed by atoms with van der Waals surface area (Å²) in [7, 11) is -1.19. The monoisotopic (exact) mass is 380 g/mol. The van der Waals surface area contributed by atoms with E-state index < -0.39 is 11.0 Å². The molecule has 136 valence electrons. The van der Waals surface area contributed by atoms with Crippen LogP contribution >= 0.6 is 11.3 Å². The van der Waals surface area contributed by atoms with Gasteiger partial charge in [-0.15, -0.1) is 11.3 Å². The van der Waals surface area contributed by atoms with Crippen molar-refractivity contribution in [1.29, 1.82) is 0 Å². The molecule has 2 unspecified atom stereocenters. The Kier molecular flexibility index (Phi) is 5.89. The number of H-pyrrole nitrogens is 1. The minimum atomic E-state index is -1.19. The second-order valence-electron chi connectivity index (χ2n) is 6.46. The van der Waals surface area contributed by atoms with Gasteiger partial charge in [-0.25, -0.2) is 8.51 Å². The molecule has 7 heteroatoms. The lowest BCUT2D eigenvalue weighted by molar-refractivity contribution is 0.168. The van der Waals surface area contributed by atoms with Crippen molar-refractivity contribution in [2.45, 2.75) is 37.3 Å². The Labute approximate surface area is 154 Å². The minimum Gasteiger partial charge on any atom is -0.396 e. The highest BCUT2D eigenvalue weighted by Crippen LogP contribution is 2.33. The number of nitrogens with zero attached hydrogens (tertiary/aromatic N) is 1. The third-order valence-electron chi connectivity index (χ3n) is 4.69. The molecular formula is C18H24N2O3S2. The van der Waals surface area contributed by atoms with E-state index in [0.717, 1.165) is 45.3 Å². The van der Waals surface area contributed by atoms with Gasteiger partial charge in [-0.2, -0.15) is 0 Å². The molecule has 0 radical (unpaired) electrons. The van der Waals surface area contributed by atoms with Gasteiger partial charge < -0.3 is 10.1 Å². The van der Waals surface area contributed by atoms with Gasteiger partial charge in [0, 0.05) is 41.4 Å². The van der Waals surface area contributed by atoms with Gasteiger partial charge in [-0.05, 0) is 50.3 Å².